The summed E-state index contributed by atoms with van der Waals surface area (Å²) in [5.41, 5.74) is 0.0911. The summed E-state index contributed by atoms with van der Waals surface area (Å²) in [6.45, 7) is 16.0. The number of hydrogen-bond acceptors (Lipinski definition) is 9. The fourth-order valence-electron chi connectivity index (χ4n) is 3.29. The van der Waals surface area contributed by atoms with Crippen LogP contribution in [-0.4, -0.2) is 95.1 Å². The van der Waals surface area contributed by atoms with E-state index in [-0.39, 0.29) is 37.1 Å². The summed E-state index contributed by atoms with van der Waals surface area (Å²) in [6.07, 6.45) is 3.43. The van der Waals surface area contributed by atoms with Gasteiger partial charge in [-0.3, -0.25) is 0 Å². The van der Waals surface area contributed by atoms with Gasteiger partial charge in [0.2, 0.25) is 11.9 Å². The van der Waals surface area contributed by atoms with Gasteiger partial charge in [-0.25, -0.2) is 34.3 Å². The molecule has 2 rings (SSSR count). The zero-order valence-corrected chi connectivity index (χ0v) is 22.8. The van der Waals surface area contributed by atoms with Gasteiger partial charge >= 0.3 is 18.0 Å². The molecular weight excluding hydrogens is 494 g/mol. The fourth-order valence-corrected chi connectivity index (χ4v) is 3.29. The lowest BCUT2D eigenvalue weighted by molar-refractivity contribution is -0.147. The number of alkyl carbamates (subject to hydrolysis) is 1. The third-order valence-corrected chi connectivity index (χ3v) is 5.09. The fraction of sp³-hybridized carbons (Fsp3) is 0.560. The van der Waals surface area contributed by atoms with Crippen molar-refractivity contribution in [1.82, 2.24) is 20.2 Å². The lowest BCUT2D eigenvalue weighted by Gasteiger charge is -2.40. The van der Waals surface area contributed by atoms with Gasteiger partial charge in [0, 0.05) is 38.2 Å². The molecule has 1 fully saturated rings. The molecule has 0 spiro atoms. The second-order valence-corrected chi connectivity index (χ2v) is 10.2. The van der Waals surface area contributed by atoms with Crippen LogP contribution in [0.4, 0.5) is 10.7 Å². The molecule has 13 heteroatoms. The zero-order valence-electron chi connectivity index (χ0n) is 22.8. The first-order chi connectivity index (χ1) is 17.8. The van der Waals surface area contributed by atoms with Gasteiger partial charge in [-0.1, -0.05) is 13.8 Å². The number of ether oxygens (including phenoxy) is 2. The molecule has 1 aromatic heterocycles. The van der Waals surface area contributed by atoms with Crippen LogP contribution < -0.4 is 10.2 Å². The summed E-state index contributed by atoms with van der Waals surface area (Å²) in [4.78, 5) is 56.3. The average Bonchev–Trinajstić information content (AvgIpc) is 2.85. The van der Waals surface area contributed by atoms with E-state index in [1.165, 1.54) is 12.4 Å². The van der Waals surface area contributed by atoms with E-state index in [2.05, 4.69) is 32.0 Å². The average molecular weight is 532 g/mol. The van der Waals surface area contributed by atoms with Gasteiger partial charge in [-0.05, 0) is 45.9 Å². The number of rotatable bonds is 8. The number of amides is 1. The molecule has 0 aliphatic carbocycles. The van der Waals surface area contributed by atoms with E-state index in [0.29, 0.717) is 19.0 Å². The second kappa shape index (κ2) is 13.5. The first-order valence-electron chi connectivity index (χ1n) is 12.2. The summed E-state index contributed by atoms with van der Waals surface area (Å²) in [5, 5.41) is 11.8. The van der Waals surface area contributed by atoms with Crippen molar-refractivity contribution in [2.24, 2.45) is 15.9 Å². The number of anilines is 1. The third-order valence-electron chi connectivity index (χ3n) is 5.09. The molecule has 2 heterocycles. The zero-order chi connectivity index (χ0) is 28.5. The number of carbonyl (C=O) groups excluding carboxylic acids is 2. The number of carbonyl (C=O) groups is 3. The molecule has 1 aromatic rings. The Balaban J connectivity index is 2.18. The third kappa shape index (κ3) is 9.45. The van der Waals surface area contributed by atoms with Crippen LogP contribution >= 0.6 is 0 Å². The quantitative estimate of drug-likeness (QED) is 0.290. The summed E-state index contributed by atoms with van der Waals surface area (Å²) >= 11 is 0. The Morgan fingerprint density at radius 2 is 1.92 bits per heavy atom. The molecule has 2 N–H and O–H groups in total. The number of piperazine rings is 1. The molecule has 1 atom stereocenters. The predicted molar refractivity (Wildman–Crippen MR) is 142 cm³/mol. The maximum absolute atomic E-state index is 13.0. The van der Waals surface area contributed by atoms with E-state index < -0.39 is 29.7 Å². The summed E-state index contributed by atoms with van der Waals surface area (Å²) in [5.74, 6) is -0.949. The van der Waals surface area contributed by atoms with E-state index in [0.717, 1.165) is 5.57 Å². The molecule has 0 radical (unpaired) electrons. The van der Waals surface area contributed by atoms with Crippen LogP contribution in [0.3, 0.4) is 0 Å². The van der Waals surface area contributed by atoms with Crippen molar-refractivity contribution >= 4 is 36.7 Å². The highest BCUT2D eigenvalue weighted by atomic mass is 16.6. The van der Waals surface area contributed by atoms with E-state index in [1.807, 2.05) is 13.8 Å². The number of carboxylic acids is 1. The van der Waals surface area contributed by atoms with Gasteiger partial charge in [0.05, 0.1) is 18.7 Å². The summed E-state index contributed by atoms with van der Waals surface area (Å²) in [7, 11) is 0. The van der Waals surface area contributed by atoms with E-state index in [1.54, 1.807) is 43.7 Å². The normalized spacial score (nSPS) is 16.8. The Morgan fingerprint density at radius 1 is 1.26 bits per heavy atom. The molecule has 0 saturated carbocycles. The Labute approximate surface area is 222 Å². The topological polar surface area (TPSA) is 159 Å². The molecule has 1 aliphatic rings. The van der Waals surface area contributed by atoms with Crippen molar-refractivity contribution in [3.8, 4) is 0 Å². The lowest BCUT2D eigenvalue weighted by atomic mass is 10.1. The highest BCUT2D eigenvalue weighted by Crippen LogP contribution is 2.19. The molecule has 13 nitrogen and oxygen atoms in total. The summed E-state index contributed by atoms with van der Waals surface area (Å²) < 4.78 is 10.7. The lowest BCUT2D eigenvalue weighted by Crippen LogP contribution is -2.58. The minimum atomic E-state index is -1.14. The van der Waals surface area contributed by atoms with Crippen LogP contribution in [0.15, 0.2) is 34.2 Å². The predicted octanol–water partition coefficient (Wildman–Crippen LogP) is 2.35. The van der Waals surface area contributed by atoms with Gasteiger partial charge in [-0.15, -0.1) is 0 Å². The number of aromatic carboxylic acids is 1. The molecule has 1 saturated heterocycles. The Hall–Kier alpha value is -4.03. The first-order valence-corrected chi connectivity index (χ1v) is 12.2. The van der Waals surface area contributed by atoms with Crippen molar-refractivity contribution in [3.63, 3.8) is 0 Å². The minimum Gasteiger partial charge on any atom is -0.478 e. The van der Waals surface area contributed by atoms with Crippen LogP contribution in [0.1, 0.15) is 51.9 Å². The maximum Gasteiger partial charge on any atom is 0.407 e. The van der Waals surface area contributed by atoms with Crippen molar-refractivity contribution in [3.05, 3.63) is 29.7 Å². The number of nitrogens with one attached hydrogen (secondary N) is 1. The number of hydrogen-bond donors (Lipinski definition) is 2. The Kier molecular flexibility index (Phi) is 10.7. The highest BCUT2D eigenvalue weighted by molar-refractivity contribution is 5.88. The Morgan fingerprint density at radius 3 is 2.47 bits per heavy atom. The van der Waals surface area contributed by atoms with Crippen molar-refractivity contribution < 1.29 is 29.0 Å². The van der Waals surface area contributed by atoms with Gasteiger partial charge < -0.3 is 29.7 Å². The molecule has 1 amide bonds. The van der Waals surface area contributed by atoms with Crippen molar-refractivity contribution in [2.75, 3.05) is 37.7 Å². The number of aliphatic imine (C=N–C) groups is 2. The van der Waals surface area contributed by atoms with Crippen molar-refractivity contribution in [2.45, 2.75) is 53.2 Å². The van der Waals surface area contributed by atoms with Crippen LogP contribution in [-0.2, 0) is 14.3 Å². The Bertz CT molecular complexity index is 1060. The van der Waals surface area contributed by atoms with Gasteiger partial charge in [0.1, 0.15) is 11.6 Å². The highest BCUT2D eigenvalue weighted by Gasteiger charge is 2.36. The minimum absolute atomic E-state index is 0.0556. The number of carboxylic acid groups (broad SMARTS) is 1. The molecule has 0 aromatic carbocycles. The molecule has 38 heavy (non-hydrogen) atoms. The molecular formula is C25H37N7O6. The van der Waals surface area contributed by atoms with E-state index in [9.17, 15) is 14.4 Å². The van der Waals surface area contributed by atoms with Crippen LogP contribution in [0.25, 0.3) is 0 Å². The van der Waals surface area contributed by atoms with Crippen molar-refractivity contribution in [1.29, 1.82) is 0 Å². The monoisotopic (exact) mass is 531 g/mol. The van der Waals surface area contributed by atoms with E-state index >= 15 is 0 Å². The molecule has 0 bridgehead atoms. The standard InChI is InChI=1S/C25H37N7O6/c1-16(2)15-37-21(35)19-14-31(8-9-32(19)23-28-12-18(13-29-23)20(33)34)22(26-7)27-10-17(3)11-30-24(36)38-25(4,5)6/h10,12-13,16,19H,7-9,11,14-15H2,1-6H3,(H,30,36)(H,33,34)/b17-10+,27-22+/t19-/m1/s1. The number of nitrogens with zero attached hydrogens (tertiary/aromatic N) is 6. The number of esters is 1. The smallest absolute Gasteiger partial charge is 0.407 e. The summed E-state index contributed by atoms with van der Waals surface area (Å²) in [6, 6.07) is -0.788. The molecule has 1 aliphatic heterocycles. The number of guanidine groups is 1. The molecule has 0 unspecified atom stereocenters. The van der Waals surface area contributed by atoms with Crippen LogP contribution in [0.5, 0.6) is 0 Å². The largest absolute Gasteiger partial charge is 0.478 e. The first kappa shape index (κ1) is 30.2. The van der Waals surface area contributed by atoms with Gasteiger partial charge in [0.25, 0.3) is 0 Å². The SMILES string of the molecule is C=N/C(=N\C=C(/C)CNC(=O)OC(C)(C)C)N1CCN(c2ncc(C(=O)O)cn2)[C@@H](C(=O)OCC(C)C)C1. The molecule has 208 valence electrons. The maximum atomic E-state index is 13.0. The second-order valence-electron chi connectivity index (χ2n) is 10.2. The van der Waals surface area contributed by atoms with Gasteiger partial charge in [0.15, 0.2) is 0 Å². The van der Waals surface area contributed by atoms with Gasteiger partial charge in [-0.2, -0.15) is 0 Å². The number of aromatic nitrogens is 2. The van der Waals surface area contributed by atoms with E-state index in [4.69, 9.17) is 14.6 Å². The van der Waals surface area contributed by atoms with Crippen LogP contribution in [0.2, 0.25) is 0 Å². The van der Waals surface area contributed by atoms with Crippen LogP contribution in [0, 0.1) is 5.92 Å².